The summed E-state index contributed by atoms with van der Waals surface area (Å²) in [4.78, 5) is 12.8. The van der Waals surface area contributed by atoms with E-state index in [1.165, 1.54) is 0 Å². The molecule has 0 spiro atoms. The molecular formula is C17H25ClN2O3. The first-order valence-electron chi connectivity index (χ1n) is 8.01. The van der Waals surface area contributed by atoms with Crippen molar-refractivity contribution in [3.05, 3.63) is 34.9 Å². The Morgan fingerprint density at radius 2 is 1.91 bits per heavy atom. The van der Waals surface area contributed by atoms with Crippen LogP contribution in [-0.2, 0) is 19.7 Å². The van der Waals surface area contributed by atoms with Crippen molar-refractivity contribution >= 4 is 17.5 Å². The lowest BCUT2D eigenvalue weighted by atomic mass is 9.73. The van der Waals surface area contributed by atoms with Gasteiger partial charge in [-0.2, -0.15) is 0 Å². The van der Waals surface area contributed by atoms with Crippen molar-refractivity contribution in [3.63, 3.8) is 0 Å². The van der Waals surface area contributed by atoms with E-state index in [9.17, 15) is 4.79 Å². The molecular weight excluding hydrogens is 316 g/mol. The maximum atomic E-state index is 12.8. The Kier molecular flexibility index (Phi) is 7.30. The number of nitrogens with one attached hydrogen (secondary N) is 2. The number of halogens is 1. The van der Waals surface area contributed by atoms with Gasteiger partial charge in [-0.05, 0) is 30.5 Å². The minimum Gasteiger partial charge on any atom is -0.383 e. The maximum Gasteiger partial charge on any atom is 0.230 e. The number of ether oxygens (including phenoxy) is 2. The van der Waals surface area contributed by atoms with Crippen LogP contribution >= 0.6 is 11.6 Å². The topological polar surface area (TPSA) is 59.6 Å². The molecule has 1 aliphatic heterocycles. The van der Waals surface area contributed by atoms with E-state index in [4.69, 9.17) is 21.1 Å². The summed E-state index contributed by atoms with van der Waals surface area (Å²) < 4.78 is 10.4. The van der Waals surface area contributed by atoms with Crippen LogP contribution in [0.4, 0.5) is 0 Å². The Hall–Kier alpha value is -1.14. The van der Waals surface area contributed by atoms with Crippen LogP contribution < -0.4 is 10.6 Å². The van der Waals surface area contributed by atoms with E-state index in [0.717, 1.165) is 18.7 Å². The standard InChI is InChI=1S/C17H25ClN2O3/c1-22-13-10-19-8-9-20-16(21)17(6-11-23-12-7-17)14-2-4-15(18)5-3-14/h2-5,19H,6-13H2,1H3,(H,20,21). The van der Waals surface area contributed by atoms with E-state index in [0.29, 0.717) is 44.2 Å². The SMILES string of the molecule is COCCNCCNC(=O)C1(c2ccc(Cl)cc2)CCOCC1. The summed E-state index contributed by atoms with van der Waals surface area (Å²) in [5.74, 6) is 0.0664. The Morgan fingerprint density at radius 1 is 1.22 bits per heavy atom. The third-order valence-corrected chi connectivity index (χ3v) is 4.50. The number of amides is 1. The first kappa shape index (κ1) is 18.2. The summed E-state index contributed by atoms with van der Waals surface area (Å²) in [6.45, 7) is 3.97. The lowest BCUT2D eigenvalue weighted by Crippen LogP contribution is -2.49. The summed E-state index contributed by atoms with van der Waals surface area (Å²) >= 11 is 5.98. The van der Waals surface area contributed by atoms with Crippen molar-refractivity contribution in [1.82, 2.24) is 10.6 Å². The highest BCUT2D eigenvalue weighted by Gasteiger charge is 2.41. The molecule has 1 amide bonds. The van der Waals surface area contributed by atoms with Gasteiger partial charge in [0.15, 0.2) is 0 Å². The van der Waals surface area contributed by atoms with Gasteiger partial charge in [0.25, 0.3) is 0 Å². The fraction of sp³-hybridized carbons (Fsp3) is 0.588. The number of methoxy groups -OCH3 is 1. The quantitative estimate of drug-likeness (QED) is 0.708. The largest absolute Gasteiger partial charge is 0.383 e. The van der Waals surface area contributed by atoms with E-state index < -0.39 is 5.41 Å². The smallest absolute Gasteiger partial charge is 0.230 e. The van der Waals surface area contributed by atoms with Gasteiger partial charge in [-0.3, -0.25) is 4.79 Å². The number of rotatable bonds is 8. The number of carbonyl (C=O) groups excluding carboxylic acids is 1. The minimum atomic E-state index is -0.518. The second-order valence-electron chi connectivity index (χ2n) is 5.70. The van der Waals surface area contributed by atoms with Crippen molar-refractivity contribution < 1.29 is 14.3 Å². The number of carbonyl (C=O) groups is 1. The van der Waals surface area contributed by atoms with Gasteiger partial charge in [0.2, 0.25) is 5.91 Å². The monoisotopic (exact) mass is 340 g/mol. The molecule has 1 saturated heterocycles. The molecule has 0 bridgehead atoms. The fourth-order valence-electron chi connectivity index (χ4n) is 2.87. The average molecular weight is 341 g/mol. The molecule has 6 heteroatoms. The lowest BCUT2D eigenvalue weighted by Gasteiger charge is -2.36. The Balaban J connectivity index is 1.97. The van der Waals surface area contributed by atoms with Crippen molar-refractivity contribution in [2.45, 2.75) is 18.3 Å². The van der Waals surface area contributed by atoms with E-state index in [1.807, 2.05) is 24.3 Å². The zero-order valence-corrected chi connectivity index (χ0v) is 14.3. The van der Waals surface area contributed by atoms with Crippen LogP contribution in [0, 0.1) is 0 Å². The van der Waals surface area contributed by atoms with Crippen molar-refractivity contribution in [1.29, 1.82) is 0 Å². The highest BCUT2D eigenvalue weighted by molar-refractivity contribution is 6.30. The summed E-state index contributed by atoms with van der Waals surface area (Å²) in [6, 6.07) is 7.58. The third-order valence-electron chi connectivity index (χ3n) is 4.25. The first-order valence-corrected chi connectivity index (χ1v) is 8.38. The van der Waals surface area contributed by atoms with Crippen LogP contribution in [0.3, 0.4) is 0 Å². The molecule has 0 aliphatic carbocycles. The second kappa shape index (κ2) is 9.23. The van der Waals surface area contributed by atoms with Crippen molar-refractivity contribution in [2.75, 3.05) is 46.6 Å². The molecule has 1 aromatic rings. The predicted octanol–water partition coefficient (Wildman–Crippen LogP) is 1.74. The van der Waals surface area contributed by atoms with Crippen LogP contribution in [0.5, 0.6) is 0 Å². The molecule has 0 unspecified atom stereocenters. The molecule has 1 aromatic carbocycles. The van der Waals surface area contributed by atoms with Gasteiger partial charge in [-0.1, -0.05) is 23.7 Å². The molecule has 0 atom stereocenters. The van der Waals surface area contributed by atoms with Gasteiger partial charge < -0.3 is 20.1 Å². The fourth-order valence-corrected chi connectivity index (χ4v) is 2.99. The van der Waals surface area contributed by atoms with Crippen LogP contribution in [0.25, 0.3) is 0 Å². The summed E-state index contributed by atoms with van der Waals surface area (Å²) in [5, 5.41) is 6.95. The Bertz CT molecular complexity index is 487. The minimum absolute atomic E-state index is 0.0664. The zero-order chi connectivity index (χ0) is 16.5. The van der Waals surface area contributed by atoms with Gasteiger partial charge in [0.1, 0.15) is 0 Å². The lowest BCUT2D eigenvalue weighted by molar-refractivity contribution is -0.130. The summed E-state index contributed by atoms with van der Waals surface area (Å²) in [7, 11) is 1.67. The molecule has 0 radical (unpaired) electrons. The van der Waals surface area contributed by atoms with E-state index in [-0.39, 0.29) is 5.91 Å². The highest BCUT2D eigenvalue weighted by atomic mass is 35.5. The predicted molar refractivity (Wildman–Crippen MR) is 90.9 cm³/mol. The van der Waals surface area contributed by atoms with Gasteiger partial charge in [0.05, 0.1) is 12.0 Å². The van der Waals surface area contributed by atoms with Crippen molar-refractivity contribution in [2.24, 2.45) is 0 Å². The molecule has 0 aromatic heterocycles. The molecule has 1 aliphatic rings. The van der Waals surface area contributed by atoms with E-state index in [1.54, 1.807) is 7.11 Å². The van der Waals surface area contributed by atoms with Gasteiger partial charge >= 0.3 is 0 Å². The maximum absolute atomic E-state index is 12.8. The van der Waals surface area contributed by atoms with Crippen molar-refractivity contribution in [3.8, 4) is 0 Å². The number of benzene rings is 1. The van der Waals surface area contributed by atoms with E-state index in [2.05, 4.69) is 10.6 Å². The van der Waals surface area contributed by atoms with Gasteiger partial charge in [0, 0.05) is 45.0 Å². The molecule has 1 heterocycles. The van der Waals surface area contributed by atoms with Crippen LogP contribution in [0.1, 0.15) is 18.4 Å². The average Bonchev–Trinajstić information content (AvgIpc) is 2.59. The zero-order valence-electron chi connectivity index (χ0n) is 13.6. The van der Waals surface area contributed by atoms with Crippen LogP contribution in [0.2, 0.25) is 5.02 Å². The number of hydrogen-bond acceptors (Lipinski definition) is 4. The first-order chi connectivity index (χ1) is 11.2. The molecule has 2 N–H and O–H groups in total. The normalized spacial score (nSPS) is 17.0. The molecule has 5 nitrogen and oxygen atoms in total. The summed E-state index contributed by atoms with van der Waals surface area (Å²) in [6.07, 6.45) is 1.38. The van der Waals surface area contributed by atoms with Crippen LogP contribution in [0.15, 0.2) is 24.3 Å². The van der Waals surface area contributed by atoms with E-state index >= 15 is 0 Å². The summed E-state index contributed by atoms with van der Waals surface area (Å²) in [5.41, 5.74) is 0.491. The van der Waals surface area contributed by atoms with Crippen LogP contribution in [-0.4, -0.2) is 52.5 Å². The molecule has 2 rings (SSSR count). The molecule has 1 fully saturated rings. The third kappa shape index (κ3) is 4.91. The second-order valence-corrected chi connectivity index (χ2v) is 6.14. The molecule has 0 saturated carbocycles. The van der Waals surface area contributed by atoms with Gasteiger partial charge in [-0.25, -0.2) is 0 Å². The van der Waals surface area contributed by atoms with Gasteiger partial charge in [-0.15, -0.1) is 0 Å². The highest BCUT2D eigenvalue weighted by Crippen LogP contribution is 2.35. The Labute approximate surface area is 142 Å². The molecule has 128 valence electrons. The number of hydrogen-bond donors (Lipinski definition) is 2. The molecule has 23 heavy (non-hydrogen) atoms. The Morgan fingerprint density at radius 3 is 2.57 bits per heavy atom.